The molecule has 2 N–H and O–H groups in total. The van der Waals surface area contributed by atoms with Crippen LogP contribution < -0.4 is 5.32 Å². The maximum absolute atomic E-state index is 12.2. The summed E-state index contributed by atoms with van der Waals surface area (Å²) in [6, 6.07) is 2.75. The van der Waals surface area contributed by atoms with Gasteiger partial charge < -0.3 is 15.2 Å². The van der Waals surface area contributed by atoms with E-state index in [2.05, 4.69) is 26.0 Å². The number of ether oxygens (including phenoxy) is 1. The number of esters is 1. The topological polar surface area (TPSA) is 113 Å². The van der Waals surface area contributed by atoms with E-state index >= 15 is 0 Å². The zero-order valence-electron chi connectivity index (χ0n) is 12.7. The molecule has 1 atom stereocenters. The summed E-state index contributed by atoms with van der Waals surface area (Å²) in [5, 5.41) is 11.4. The lowest BCUT2D eigenvalue weighted by atomic mass is 10.2. The number of carbonyl (C=O) groups excluding carboxylic acids is 2. The first-order valence-electron chi connectivity index (χ1n) is 6.36. The molecule has 1 aromatic rings. The molecule has 0 aliphatic carbocycles. The van der Waals surface area contributed by atoms with Gasteiger partial charge in [0.2, 0.25) is 10.0 Å². The van der Waals surface area contributed by atoms with Gasteiger partial charge in [-0.15, -0.1) is 0 Å². The Morgan fingerprint density at radius 2 is 2.00 bits per heavy atom. The summed E-state index contributed by atoms with van der Waals surface area (Å²) in [5.41, 5.74) is 0.0241. The van der Waals surface area contributed by atoms with Crippen LogP contribution in [-0.2, 0) is 19.6 Å². The largest absolute Gasteiger partial charge is 0.467 e. The van der Waals surface area contributed by atoms with Crippen LogP contribution >= 0.6 is 15.9 Å². The average Bonchev–Trinajstić information content (AvgIpc) is 2.51. The average molecular weight is 409 g/mol. The van der Waals surface area contributed by atoms with Crippen LogP contribution in [0.15, 0.2) is 27.6 Å². The summed E-state index contributed by atoms with van der Waals surface area (Å²) < 4.78 is 30.2. The number of methoxy groups -OCH3 is 1. The lowest BCUT2D eigenvalue weighted by molar-refractivity contribution is -0.143. The Morgan fingerprint density at radius 3 is 2.48 bits per heavy atom. The molecule has 0 unspecified atom stereocenters. The number of nitrogens with zero attached hydrogens (tertiary/aromatic N) is 1. The summed E-state index contributed by atoms with van der Waals surface area (Å²) >= 11 is 3.13. The first kappa shape index (κ1) is 19.6. The zero-order chi connectivity index (χ0) is 17.8. The third-order valence-corrected chi connectivity index (χ3v) is 5.73. The Morgan fingerprint density at radius 1 is 1.39 bits per heavy atom. The smallest absolute Gasteiger partial charge is 0.330 e. The van der Waals surface area contributed by atoms with Crippen LogP contribution in [0.1, 0.15) is 10.4 Å². The Kier molecular flexibility index (Phi) is 6.69. The van der Waals surface area contributed by atoms with E-state index in [0.29, 0.717) is 4.47 Å². The summed E-state index contributed by atoms with van der Waals surface area (Å²) in [5.74, 6) is -1.52. The molecule has 0 spiro atoms. The van der Waals surface area contributed by atoms with Gasteiger partial charge in [-0.3, -0.25) is 4.79 Å². The Hall–Kier alpha value is -1.49. The second-order valence-electron chi connectivity index (χ2n) is 4.66. The molecular weight excluding hydrogens is 392 g/mol. The van der Waals surface area contributed by atoms with E-state index in [1.165, 1.54) is 32.3 Å². The molecule has 0 saturated heterocycles. The summed E-state index contributed by atoms with van der Waals surface area (Å²) in [4.78, 5) is 23.4. The number of rotatable bonds is 6. The molecule has 0 heterocycles. The molecule has 0 bridgehead atoms. The molecule has 8 nitrogen and oxygen atoms in total. The van der Waals surface area contributed by atoms with Gasteiger partial charge in [0.25, 0.3) is 5.91 Å². The van der Waals surface area contributed by atoms with Crippen molar-refractivity contribution in [1.82, 2.24) is 9.62 Å². The van der Waals surface area contributed by atoms with Crippen molar-refractivity contribution in [2.24, 2.45) is 0 Å². The molecule has 1 amide bonds. The molecule has 128 valence electrons. The van der Waals surface area contributed by atoms with Gasteiger partial charge in [0.15, 0.2) is 6.04 Å². The number of aliphatic hydroxyl groups excluding tert-OH is 1. The Balaban J connectivity index is 3.16. The maximum Gasteiger partial charge on any atom is 0.330 e. The van der Waals surface area contributed by atoms with Gasteiger partial charge in [0, 0.05) is 24.1 Å². The molecule has 0 saturated carbocycles. The van der Waals surface area contributed by atoms with Crippen LogP contribution in [0, 0.1) is 0 Å². The van der Waals surface area contributed by atoms with Crippen molar-refractivity contribution in [3.8, 4) is 0 Å². The van der Waals surface area contributed by atoms with Gasteiger partial charge in [-0.05, 0) is 34.1 Å². The highest BCUT2D eigenvalue weighted by atomic mass is 79.9. The fraction of sp³-hybridized carbons (Fsp3) is 0.385. The Labute approximate surface area is 142 Å². The minimum absolute atomic E-state index is 0.0241. The minimum Gasteiger partial charge on any atom is -0.467 e. The highest BCUT2D eigenvalue weighted by Gasteiger charge is 2.24. The third kappa shape index (κ3) is 4.50. The van der Waals surface area contributed by atoms with Gasteiger partial charge in [0.05, 0.1) is 18.6 Å². The van der Waals surface area contributed by atoms with E-state index < -0.39 is 34.5 Å². The molecule has 0 fully saturated rings. The van der Waals surface area contributed by atoms with Crippen molar-refractivity contribution < 1.29 is 27.9 Å². The molecular formula is C13H17BrN2O6S. The molecule has 10 heteroatoms. The van der Waals surface area contributed by atoms with Crippen molar-refractivity contribution in [1.29, 1.82) is 0 Å². The number of halogens is 1. The molecule has 23 heavy (non-hydrogen) atoms. The quantitative estimate of drug-likeness (QED) is 0.638. The SMILES string of the molecule is COC(=O)[C@@H](CO)NC(=O)c1ccc(Br)c(S(=O)(=O)N(C)C)c1. The number of benzene rings is 1. The molecule has 1 aromatic carbocycles. The van der Waals surface area contributed by atoms with E-state index in [9.17, 15) is 18.0 Å². The second-order valence-corrected chi connectivity index (χ2v) is 7.64. The van der Waals surface area contributed by atoms with Gasteiger partial charge in [-0.1, -0.05) is 0 Å². The minimum atomic E-state index is -3.75. The predicted molar refractivity (Wildman–Crippen MR) is 85.4 cm³/mol. The van der Waals surface area contributed by atoms with Gasteiger partial charge in [0.1, 0.15) is 0 Å². The van der Waals surface area contributed by atoms with Gasteiger partial charge in [-0.25, -0.2) is 17.5 Å². The number of hydrogen-bond acceptors (Lipinski definition) is 6. The van der Waals surface area contributed by atoms with E-state index in [-0.39, 0.29) is 10.5 Å². The van der Waals surface area contributed by atoms with Crippen molar-refractivity contribution in [3.63, 3.8) is 0 Å². The summed E-state index contributed by atoms with van der Waals surface area (Å²) in [7, 11) is 0.108. The van der Waals surface area contributed by atoms with E-state index in [0.717, 1.165) is 11.4 Å². The van der Waals surface area contributed by atoms with E-state index in [4.69, 9.17) is 5.11 Å². The van der Waals surface area contributed by atoms with Crippen LogP contribution in [0.4, 0.5) is 0 Å². The fourth-order valence-electron chi connectivity index (χ4n) is 1.60. The third-order valence-electron chi connectivity index (χ3n) is 2.93. The first-order chi connectivity index (χ1) is 10.6. The Bertz CT molecular complexity index is 704. The van der Waals surface area contributed by atoms with E-state index in [1.807, 2.05) is 0 Å². The molecule has 0 radical (unpaired) electrons. The predicted octanol–water partition coefficient (Wildman–Crippen LogP) is -0.0369. The first-order valence-corrected chi connectivity index (χ1v) is 8.60. The lowest BCUT2D eigenvalue weighted by Gasteiger charge is -2.16. The second kappa shape index (κ2) is 7.86. The maximum atomic E-state index is 12.2. The van der Waals surface area contributed by atoms with Crippen molar-refractivity contribution >= 4 is 37.8 Å². The zero-order valence-corrected chi connectivity index (χ0v) is 15.1. The highest BCUT2D eigenvalue weighted by Crippen LogP contribution is 2.25. The van der Waals surface area contributed by atoms with Gasteiger partial charge in [-0.2, -0.15) is 0 Å². The number of amides is 1. The number of nitrogens with one attached hydrogen (secondary N) is 1. The molecule has 0 aliphatic heterocycles. The monoisotopic (exact) mass is 408 g/mol. The standard InChI is InChI=1S/C13H17BrN2O6S/c1-16(2)23(20,21)11-6-8(4-5-9(11)14)12(18)15-10(7-17)13(19)22-3/h4-6,10,17H,7H2,1-3H3,(H,15,18)/t10-/m1/s1. The number of aliphatic hydroxyl groups is 1. The van der Waals surface area contributed by atoms with Crippen LogP contribution in [0.25, 0.3) is 0 Å². The van der Waals surface area contributed by atoms with Crippen molar-refractivity contribution in [2.75, 3.05) is 27.8 Å². The van der Waals surface area contributed by atoms with Crippen molar-refractivity contribution in [3.05, 3.63) is 28.2 Å². The van der Waals surface area contributed by atoms with Crippen LogP contribution in [-0.4, -0.2) is 63.6 Å². The molecule has 1 rings (SSSR count). The number of sulfonamides is 1. The van der Waals surface area contributed by atoms with Crippen LogP contribution in [0.3, 0.4) is 0 Å². The fourth-order valence-corrected chi connectivity index (χ4v) is 3.45. The van der Waals surface area contributed by atoms with E-state index in [1.54, 1.807) is 0 Å². The summed E-state index contributed by atoms with van der Waals surface area (Å²) in [6.07, 6.45) is 0. The number of carbonyl (C=O) groups is 2. The molecule has 0 aromatic heterocycles. The van der Waals surface area contributed by atoms with Crippen LogP contribution in [0.2, 0.25) is 0 Å². The normalized spacial score (nSPS) is 12.8. The van der Waals surface area contributed by atoms with Crippen molar-refractivity contribution in [2.45, 2.75) is 10.9 Å². The van der Waals surface area contributed by atoms with Gasteiger partial charge >= 0.3 is 5.97 Å². The molecule has 0 aliphatic rings. The summed E-state index contributed by atoms with van der Waals surface area (Å²) in [6.45, 7) is -0.641. The van der Waals surface area contributed by atoms with Crippen LogP contribution in [0.5, 0.6) is 0 Å². The highest BCUT2D eigenvalue weighted by molar-refractivity contribution is 9.10. The lowest BCUT2D eigenvalue weighted by Crippen LogP contribution is -2.44. The number of hydrogen-bond donors (Lipinski definition) is 2.